The fourth-order valence-electron chi connectivity index (χ4n) is 3.60. The molecule has 3 amide bonds. The number of nitrogens with zero attached hydrogens (tertiary/aromatic N) is 1. The number of aromatic nitrogens is 1. The van der Waals surface area contributed by atoms with E-state index >= 15 is 0 Å². The van der Waals surface area contributed by atoms with Crippen LogP contribution in [0.15, 0.2) is 108 Å². The summed E-state index contributed by atoms with van der Waals surface area (Å²) in [4.78, 5) is 43.4. The zero-order valence-corrected chi connectivity index (χ0v) is 22.4. The number of nitrogens with one attached hydrogen (secondary N) is 3. The van der Waals surface area contributed by atoms with Crippen LogP contribution in [0.25, 0.3) is 6.08 Å². The minimum absolute atomic E-state index is 0.0719. The standard InChI is InChI=1S/C31H28N4O3S/c1-21-13-14-26(16-22(21)2)33-29(36)20-39-27-12-6-11-25(18-27)34-31(38)28(17-23-8-7-15-32-19-23)35-30(37)24-9-4-3-5-10-24/h3-19H,20H2,1-2H3,(H,33,36)(H,34,38)(H,35,37)/b28-17-. The lowest BCUT2D eigenvalue weighted by Gasteiger charge is -2.12. The highest BCUT2D eigenvalue weighted by Gasteiger charge is 2.15. The summed E-state index contributed by atoms with van der Waals surface area (Å²) >= 11 is 1.36. The van der Waals surface area contributed by atoms with Crippen LogP contribution in [-0.4, -0.2) is 28.5 Å². The van der Waals surface area contributed by atoms with Crippen LogP contribution in [0.1, 0.15) is 27.0 Å². The van der Waals surface area contributed by atoms with Crippen molar-refractivity contribution in [2.45, 2.75) is 18.7 Å². The van der Waals surface area contributed by atoms with Gasteiger partial charge in [-0.2, -0.15) is 0 Å². The first-order chi connectivity index (χ1) is 18.9. The van der Waals surface area contributed by atoms with E-state index in [4.69, 9.17) is 0 Å². The summed E-state index contributed by atoms with van der Waals surface area (Å²) in [6.45, 7) is 4.03. The summed E-state index contributed by atoms with van der Waals surface area (Å²) in [6, 6.07) is 25.2. The predicted molar refractivity (Wildman–Crippen MR) is 156 cm³/mol. The van der Waals surface area contributed by atoms with Crippen molar-refractivity contribution in [2.24, 2.45) is 0 Å². The van der Waals surface area contributed by atoms with Crippen molar-refractivity contribution in [2.75, 3.05) is 16.4 Å². The Kier molecular flexibility index (Phi) is 9.26. The third-order valence-corrected chi connectivity index (χ3v) is 6.77. The van der Waals surface area contributed by atoms with Gasteiger partial charge in [0, 0.05) is 34.2 Å². The third-order valence-electron chi connectivity index (χ3n) is 5.78. The van der Waals surface area contributed by atoms with E-state index in [0.29, 0.717) is 16.8 Å². The lowest BCUT2D eigenvalue weighted by molar-refractivity contribution is -0.114. The summed E-state index contributed by atoms with van der Waals surface area (Å²) in [5.41, 5.74) is 4.73. The number of anilines is 2. The van der Waals surface area contributed by atoms with E-state index in [-0.39, 0.29) is 17.4 Å². The highest BCUT2D eigenvalue weighted by Crippen LogP contribution is 2.23. The zero-order valence-electron chi connectivity index (χ0n) is 21.6. The van der Waals surface area contributed by atoms with Gasteiger partial charge in [0.2, 0.25) is 5.91 Å². The number of thioether (sulfide) groups is 1. The lowest BCUT2D eigenvalue weighted by atomic mass is 10.1. The first-order valence-corrected chi connectivity index (χ1v) is 13.3. The summed E-state index contributed by atoms with van der Waals surface area (Å²) < 4.78 is 0. The number of hydrogen-bond acceptors (Lipinski definition) is 5. The molecule has 4 aromatic rings. The molecule has 8 heteroatoms. The van der Waals surface area contributed by atoms with Crippen LogP contribution < -0.4 is 16.0 Å². The fourth-order valence-corrected chi connectivity index (χ4v) is 4.35. The molecule has 0 aliphatic carbocycles. The van der Waals surface area contributed by atoms with Crippen molar-refractivity contribution in [1.82, 2.24) is 10.3 Å². The number of rotatable bonds is 9. The number of hydrogen-bond donors (Lipinski definition) is 3. The second-order valence-corrected chi connectivity index (χ2v) is 9.83. The molecule has 0 spiro atoms. The fraction of sp³-hybridized carbons (Fsp3) is 0.0968. The van der Waals surface area contributed by atoms with E-state index in [1.165, 1.54) is 17.3 Å². The van der Waals surface area contributed by atoms with E-state index < -0.39 is 11.8 Å². The summed E-state index contributed by atoms with van der Waals surface area (Å²) in [6.07, 6.45) is 4.80. The Morgan fingerprint density at radius 2 is 1.62 bits per heavy atom. The molecule has 196 valence electrons. The molecule has 3 N–H and O–H groups in total. The molecule has 7 nitrogen and oxygen atoms in total. The molecular formula is C31H28N4O3S. The average molecular weight is 537 g/mol. The van der Waals surface area contributed by atoms with Crippen LogP contribution in [0.2, 0.25) is 0 Å². The molecule has 0 radical (unpaired) electrons. The monoisotopic (exact) mass is 536 g/mol. The molecule has 0 atom stereocenters. The van der Waals surface area contributed by atoms with Crippen molar-refractivity contribution in [3.05, 3.63) is 125 Å². The Labute approximate surface area is 231 Å². The van der Waals surface area contributed by atoms with Gasteiger partial charge in [-0.15, -0.1) is 11.8 Å². The molecule has 0 aliphatic heterocycles. The number of pyridine rings is 1. The van der Waals surface area contributed by atoms with Gasteiger partial charge in [-0.05, 0) is 85.1 Å². The molecular weight excluding hydrogens is 508 g/mol. The van der Waals surface area contributed by atoms with Gasteiger partial charge in [0.1, 0.15) is 5.70 Å². The molecule has 0 fully saturated rings. The normalized spacial score (nSPS) is 11.0. The van der Waals surface area contributed by atoms with Crippen LogP contribution in [0.4, 0.5) is 11.4 Å². The SMILES string of the molecule is Cc1ccc(NC(=O)CSc2cccc(NC(=O)/C(=C/c3cccnc3)NC(=O)c3ccccc3)c2)cc1C. The Morgan fingerprint density at radius 1 is 0.821 bits per heavy atom. The molecule has 0 saturated carbocycles. The smallest absolute Gasteiger partial charge is 0.272 e. The number of carbonyl (C=O) groups is 3. The van der Waals surface area contributed by atoms with E-state index in [1.54, 1.807) is 73.1 Å². The van der Waals surface area contributed by atoms with Gasteiger partial charge in [-0.25, -0.2) is 0 Å². The number of carbonyl (C=O) groups excluding carboxylic acids is 3. The van der Waals surface area contributed by atoms with Gasteiger partial charge in [0.15, 0.2) is 0 Å². The highest BCUT2D eigenvalue weighted by molar-refractivity contribution is 8.00. The maximum absolute atomic E-state index is 13.2. The first-order valence-electron chi connectivity index (χ1n) is 12.3. The number of amides is 3. The third kappa shape index (κ3) is 8.15. The Hall–Kier alpha value is -4.69. The van der Waals surface area contributed by atoms with Crippen molar-refractivity contribution in [3.63, 3.8) is 0 Å². The number of benzene rings is 3. The van der Waals surface area contributed by atoms with Crippen LogP contribution in [-0.2, 0) is 9.59 Å². The first kappa shape index (κ1) is 27.3. The summed E-state index contributed by atoms with van der Waals surface area (Å²) in [5.74, 6) is -0.801. The van der Waals surface area contributed by atoms with E-state index in [1.807, 2.05) is 44.2 Å². The number of aryl methyl sites for hydroxylation is 2. The molecule has 0 saturated heterocycles. The minimum atomic E-state index is -0.488. The molecule has 1 heterocycles. The summed E-state index contributed by atoms with van der Waals surface area (Å²) in [5, 5.41) is 8.47. The Bertz CT molecular complexity index is 1510. The largest absolute Gasteiger partial charge is 0.325 e. The van der Waals surface area contributed by atoms with Crippen LogP contribution >= 0.6 is 11.8 Å². The molecule has 0 bridgehead atoms. The molecule has 0 aliphatic rings. The topological polar surface area (TPSA) is 100 Å². The lowest BCUT2D eigenvalue weighted by Crippen LogP contribution is -2.30. The van der Waals surface area contributed by atoms with Crippen molar-refractivity contribution < 1.29 is 14.4 Å². The summed E-state index contributed by atoms with van der Waals surface area (Å²) in [7, 11) is 0. The van der Waals surface area contributed by atoms with Crippen molar-refractivity contribution in [3.8, 4) is 0 Å². The maximum Gasteiger partial charge on any atom is 0.272 e. The zero-order chi connectivity index (χ0) is 27.6. The molecule has 3 aromatic carbocycles. The molecule has 1 aromatic heterocycles. The van der Waals surface area contributed by atoms with E-state index in [9.17, 15) is 14.4 Å². The molecule has 4 rings (SSSR count). The quantitative estimate of drug-likeness (QED) is 0.184. The van der Waals surface area contributed by atoms with E-state index in [2.05, 4.69) is 20.9 Å². The van der Waals surface area contributed by atoms with Gasteiger partial charge in [-0.1, -0.05) is 36.4 Å². The highest BCUT2D eigenvalue weighted by atomic mass is 32.2. The van der Waals surface area contributed by atoms with Gasteiger partial charge in [-0.3, -0.25) is 19.4 Å². The van der Waals surface area contributed by atoms with Gasteiger partial charge >= 0.3 is 0 Å². The minimum Gasteiger partial charge on any atom is -0.325 e. The average Bonchev–Trinajstić information content (AvgIpc) is 2.95. The van der Waals surface area contributed by atoms with Crippen molar-refractivity contribution in [1.29, 1.82) is 0 Å². The van der Waals surface area contributed by atoms with Crippen molar-refractivity contribution >= 4 is 46.9 Å². The second-order valence-electron chi connectivity index (χ2n) is 8.78. The van der Waals surface area contributed by atoms with Crippen LogP contribution in [0.3, 0.4) is 0 Å². The molecule has 39 heavy (non-hydrogen) atoms. The van der Waals surface area contributed by atoms with E-state index in [0.717, 1.165) is 16.1 Å². The second kappa shape index (κ2) is 13.2. The van der Waals surface area contributed by atoms with Gasteiger partial charge in [0.05, 0.1) is 5.75 Å². The van der Waals surface area contributed by atoms with Gasteiger partial charge < -0.3 is 16.0 Å². The predicted octanol–water partition coefficient (Wildman–Crippen LogP) is 5.84. The maximum atomic E-state index is 13.2. The van der Waals surface area contributed by atoms with Crippen LogP contribution in [0.5, 0.6) is 0 Å². The Balaban J connectivity index is 1.42. The molecule has 0 unspecified atom stereocenters. The van der Waals surface area contributed by atoms with Crippen LogP contribution in [0, 0.1) is 13.8 Å². The van der Waals surface area contributed by atoms with Gasteiger partial charge in [0.25, 0.3) is 11.8 Å². The Morgan fingerprint density at radius 3 is 2.36 bits per heavy atom.